The summed E-state index contributed by atoms with van der Waals surface area (Å²) in [5.74, 6) is -0.0912. The minimum absolute atomic E-state index is 0.0912. The smallest absolute Gasteiger partial charge is 0.269 e. The van der Waals surface area contributed by atoms with Crippen molar-refractivity contribution in [3.05, 3.63) is 46.8 Å². The highest BCUT2D eigenvalue weighted by Gasteiger charge is 2.15. The zero-order chi connectivity index (χ0) is 14.8. The molecule has 21 heavy (non-hydrogen) atoms. The SMILES string of the molecule is Cc1cc(C(=O)NCc2cccc3c2NCCC3)n(C)n1. The van der Waals surface area contributed by atoms with Gasteiger partial charge in [-0.3, -0.25) is 9.48 Å². The van der Waals surface area contributed by atoms with E-state index >= 15 is 0 Å². The summed E-state index contributed by atoms with van der Waals surface area (Å²) in [6, 6.07) is 8.07. The maximum Gasteiger partial charge on any atom is 0.269 e. The van der Waals surface area contributed by atoms with Gasteiger partial charge in [-0.2, -0.15) is 5.10 Å². The zero-order valence-electron chi connectivity index (χ0n) is 12.4. The van der Waals surface area contributed by atoms with Crippen LogP contribution in [0.2, 0.25) is 0 Å². The Kier molecular flexibility index (Phi) is 3.64. The highest BCUT2D eigenvalue weighted by molar-refractivity contribution is 5.92. The van der Waals surface area contributed by atoms with Crippen LogP contribution in [0.25, 0.3) is 0 Å². The molecule has 0 saturated heterocycles. The maximum atomic E-state index is 12.2. The third-order valence-electron chi connectivity index (χ3n) is 3.84. The maximum absolute atomic E-state index is 12.2. The van der Waals surface area contributed by atoms with Gasteiger partial charge in [-0.05, 0) is 37.0 Å². The highest BCUT2D eigenvalue weighted by Crippen LogP contribution is 2.25. The minimum Gasteiger partial charge on any atom is -0.385 e. The first-order valence-electron chi connectivity index (χ1n) is 7.28. The molecule has 1 aromatic heterocycles. The van der Waals surface area contributed by atoms with E-state index in [4.69, 9.17) is 0 Å². The molecular weight excluding hydrogens is 264 g/mol. The molecule has 1 aliphatic rings. The van der Waals surface area contributed by atoms with Crippen LogP contribution in [-0.2, 0) is 20.0 Å². The molecule has 1 amide bonds. The van der Waals surface area contributed by atoms with Crippen LogP contribution in [0.4, 0.5) is 5.69 Å². The molecule has 0 saturated carbocycles. The molecule has 0 aliphatic carbocycles. The number of carbonyl (C=O) groups excluding carboxylic acids is 1. The molecule has 0 atom stereocenters. The topological polar surface area (TPSA) is 59.0 Å². The standard InChI is InChI=1S/C16H20N4O/c1-11-9-14(20(2)19-11)16(21)18-10-13-6-3-5-12-7-4-8-17-15(12)13/h3,5-6,9,17H,4,7-8,10H2,1-2H3,(H,18,21). The second kappa shape index (κ2) is 5.60. The van der Waals surface area contributed by atoms with Crippen LogP contribution in [0.15, 0.2) is 24.3 Å². The Morgan fingerprint density at radius 1 is 1.48 bits per heavy atom. The first kappa shape index (κ1) is 13.7. The van der Waals surface area contributed by atoms with E-state index in [1.165, 1.54) is 11.3 Å². The normalized spacial score (nSPS) is 13.4. The van der Waals surface area contributed by atoms with Crippen LogP contribution in [0.3, 0.4) is 0 Å². The Morgan fingerprint density at radius 2 is 2.33 bits per heavy atom. The van der Waals surface area contributed by atoms with Crippen molar-refractivity contribution in [1.29, 1.82) is 0 Å². The van der Waals surface area contributed by atoms with Crippen LogP contribution >= 0.6 is 0 Å². The van der Waals surface area contributed by atoms with E-state index in [1.54, 1.807) is 17.8 Å². The summed E-state index contributed by atoms with van der Waals surface area (Å²) in [5.41, 5.74) is 5.10. The third kappa shape index (κ3) is 2.77. The van der Waals surface area contributed by atoms with Gasteiger partial charge in [0.05, 0.1) is 5.69 Å². The molecule has 1 aliphatic heterocycles. The molecule has 2 N–H and O–H groups in total. The monoisotopic (exact) mass is 284 g/mol. The summed E-state index contributed by atoms with van der Waals surface area (Å²) in [7, 11) is 1.79. The zero-order valence-corrected chi connectivity index (χ0v) is 12.4. The number of rotatable bonds is 3. The number of amides is 1. The van der Waals surface area contributed by atoms with E-state index in [1.807, 2.05) is 6.92 Å². The average molecular weight is 284 g/mol. The number of benzene rings is 1. The summed E-state index contributed by atoms with van der Waals surface area (Å²) in [6.07, 6.45) is 2.27. The van der Waals surface area contributed by atoms with Crippen molar-refractivity contribution in [2.45, 2.75) is 26.3 Å². The van der Waals surface area contributed by atoms with Crippen LogP contribution < -0.4 is 10.6 Å². The number of aromatic nitrogens is 2. The van der Waals surface area contributed by atoms with Crippen molar-refractivity contribution in [3.8, 4) is 0 Å². The minimum atomic E-state index is -0.0912. The number of nitrogens with one attached hydrogen (secondary N) is 2. The van der Waals surface area contributed by atoms with Gasteiger partial charge in [0.2, 0.25) is 0 Å². The van der Waals surface area contributed by atoms with Gasteiger partial charge in [-0.15, -0.1) is 0 Å². The second-order valence-electron chi connectivity index (χ2n) is 5.46. The van der Waals surface area contributed by atoms with E-state index in [9.17, 15) is 4.79 Å². The Balaban J connectivity index is 1.73. The fourth-order valence-corrected chi connectivity index (χ4v) is 2.82. The first-order valence-corrected chi connectivity index (χ1v) is 7.28. The van der Waals surface area contributed by atoms with E-state index in [0.717, 1.165) is 30.6 Å². The Bertz CT molecular complexity index is 675. The summed E-state index contributed by atoms with van der Waals surface area (Å²) in [5, 5.41) is 10.6. The van der Waals surface area contributed by atoms with Crippen LogP contribution in [-0.4, -0.2) is 22.2 Å². The predicted molar refractivity (Wildman–Crippen MR) is 82.4 cm³/mol. The second-order valence-corrected chi connectivity index (χ2v) is 5.46. The largest absolute Gasteiger partial charge is 0.385 e. The molecule has 0 bridgehead atoms. The number of carbonyl (C=O) groups is 1. The molecule has 0 radical (unpaired) electrons. The molecule has 3 rings (SSSR count). The lowest BCUT2D eigenvalue weighted by molar-refractivity contribution is 0.0941. The molecule has 0 fully saturated rings. The van der Waals surface area contributed by atoms with E-state index in [-0.39, 0.29) is 5.91 Å². The Labute approximate surface area is 124 Å². The highest BCUT2D eigenvalue weighted by atomic mass is 16.2. The van der Waals surface area contributed by atoms with Crippen molar-refractivity contribution < 1.29 is 4.79 Å². The third-order valence-corrected chi connectivity index (χ3v) is 3.84. The van der Waals surface area contributed by atoms with Gasteiger partial charge in [0.1, 0.15) is 5.69 Å². The van der Waals surface area contributed by atoms with Gasteiger partial charge in [-0.1, -0.05) is 18.2 Å². The Hall–Kier alpha value is -2.30. The number of hydrogen-bond acceptors (Lipinski definition) is 3. The van der Waals surface area contributed by atoms with Gasteiger partial charge in [-0.25, -0.2) is 0 Å². The van der Waals surface area contributed by atoms with Crippen LogP contribution in [0.1, 0.15) is 33.7 Å². The molecular formula is C16H20N4O. The van der Waals surface area contributed by atoms with Gasteiger partial charge in [0.15, 0.2) is 0 Å². The molecule has 1 aromatic carbocycles. The van der Waals surface area contributed by atoms with Gasteiger partial charge >= 0.3 is 0 Å². The summed E-state index contributed by atoms with van der Waals surface area (Å²) >= 11 is 0. The molecule has 110 valence electrons. The average Bonchev–Trinajstić information content (AvgIpc) is 2.83. The van der Waals surface area contributed by atoms with Gasteiger partial charge in [0.25, 0.3) is 5.91 Å². The lowest BCUT2D eigenvalue weighted by atomic mass is 9.99. The van der Waals surface area contributed by atoms with Gasteiger partial charge in [0, 0.05) is 25.8 Å². The fraction of sp³-hybridized carbons (Fsp3) is 0.375. The van der Waals surface area contributed by atoms with Crippen LogP contribution in [0, 0.1) is 6.92 Å². The van der Waals surface area contributed by atoms with Crippen molar-refractivity contribution >= 4 is 11.6 Å². The molecule has 0 unspecified atom stereocenters. The van der Waals surface area contributed by atoms with E-state index < -0.39 is 0 Å². The van der Waals surface area contributed by atoms with Crippen molar-refractivity contribution in [2.24, 2.45) is 7.05 Å². The number of hydrogen-bond donors (Lipinski definition) is 2. The number of para-hydroxylation sites is 1. The molecule has 5 heteroatoms. The number of nitrogens with zero attached hydrogens (tertiary/aromatic N) is 2. The van der Waals surface area contributed by atoms with Gasteiger partial charge < -0.3 is 10.6 Å². The number of fused-ring (bicyclic) bond motifs is 1. The first-order chi connectivity index (χ1) is 10.1. The van der Waals surface area contributed by atoms with Crippen molar-refractivity contribution in [1.82, 2.24) is 15.1 Å². The number of aryl methyl sites for hydroxylation is 3. The van der Waals surface area contributed by atoms with Crippen molar-refractivity contribution in [3.63, 3.8) is 0 Å². The fourth-order valence-electron chi connectivity index (χ4n) is 2.82. The quantitative estimate of drug-likeness (QED) is 0.906. The van der Waals surface area contributed by atoms with Crippen LogP contribution in [0.5, 0.6) is 0 Å². The molecule has 2 heterocycles. The number of anilines is 1. The van der Waals surface area contributed by atoms with E-state index in [2.05, 4.69) is 33.9 Å². The lowest BCUT2D eigenvalue weighted by Crippen LogP contribution is -2.26. The molecule has 0 spiro atoms. The molecule has 2 aromatic rings. The van der Waals surface area contributed by atoms with Crippen molar-refractivity contribution in [2.75, 3.05) is 11.9 Å². The summed E-state index contributed by atoms with van der Waals surface area (Å²) < 4.78 is 1.61. The lowest BCUT2D eigenvalue weighted by Gasteiger charge is -2.21. The van der Waals surface area contributed by atoms with E-state index in [0.29, 0.717) is 12.2 Å². The summed E-state index contributed by atoms with van der Waals surface area (Å²) in [6.45, 7) is 3.41. The predicted octanol–water partition coefficient (Wildman–Crippen LogP) is 2.02. The Morgan fingerprint density at radius 3 is 3.10 bits per heavy atom. The summed E-state index contributed by atoms with van der Waals surface area (Å²) in [4.78, 5) is 12.2. The molecule has 5 nitrogen and oxygen atoms in total.